The number of primary amides is 1. The molecule has 0 radical (unpaired) electrons. The minimum absolute atomic E-state index is 0.0575. The maximum absolute atomic E-state index is 14.0. The highest BCUT2D eigenvalue weighted by Gasteiger charge is 2.42. The first-order valence-corrected chi connectivity index (χ1v) is 11.6. The van der Waals surface area contributed by atoms with Crippen LogP contribution in [0.2, 0.25) is 0 Å². The molecule has 0 aliphatic carbocycles. The van der Waals surface area contributed by atoms with Crippen molar-refractivity contribution in [2.75, 3.05) is 20.3 Å². The number of fused-ring (bicyclic) bond motifs is 2. The average molecular weight is 502 g/mol. The van der Waals surface area contributed by atoms with E-state index in [9.17, 15) is 18.8 Å². The van der Waals surface area contributed by atoms with Crippen molar-refractivity contribution in [1.29, 1.82) is 0 Å². The van der Waals surface area contributed by atoms with Crippen LogP contribution < -0.4 is 20.6 Å². The highest BCUT2D eigenvalue weighted by molar-refractivity contribution is 5.99. The molecule has 1 aliphatic rings. The fraction of sp³-hybridized carbons (Fsp3) is 0.179. The number of nitrogens with two attached hydrogens (primary N) is 1. The third-order valence-electron chi connectivity index (χ3n) is 6.31. The Balaban J connectivity index is 1.55. The molecule has 0 fully saturated rings. The summed E-state index contributed by atoms with van der Waals surface area (Å²) >= 11 is 0. The van der Waals surface area contributed by atoms with E-state index in [0.29, 0.717) is 24.3 Å². The van der Waals surface area contributed by atoms with Gasteiger partial charge in [-0.15, -0.1) is 0 Å². The minimum atomic E-state index is -0.755. The maximum atomic E-state index is 14.0. The Bertz CT molecular complexity index is 1550. The third kappa shape index (κ3) is 4.63. The first-order valence-electron chi connectivity index (χ1n) is 11.6. The van der Waals surface area contributed by atoms with Gasteiger partial charge in [-0.2, -0.15) is 0 Å². The van der Waals surface area contributed by atoms with E-state index >= 15 is 0 Å². The van der Waals surface area contributed by atoms with Gasteiger partial charge >= 0.3 is 0 Å². The lowest BCUT2D eigenvalue weighted by atomic mass is 9.98. The Morgan fingerprint density at radius 3 is 2.41 bits per heavy atom. The zero-order valence-corrected chi connectivity index (χ0v) is 19.9. The van der Waals surface area contributed by atoms with Gasteiger partial charge in [0.1, 0.15) is 22.9 Å². The van der Waals surface area contributed by atoms with Crippen LogP contribution in [0.5, 0.6) is 11.5 Å². The summed E-state index contributed by atoms with van der Waals surface area (Å²) in [5.41, 5.74) is 6.59. The summed E-state index contributed by atoms with van der Waals surface area (Å²) in [6.07, 6.45) is 0.516. The monoisotopic (exact) mass is 502 g/mol. The molecule has 4 aromatic rings. The number of amides is 2. The summed E-state index contributed by atoms with van der Waals surface area (Å²) in [7, 11) is 1.59. The maximum Gasteiger partial charge on any atom is 0.290 e. The molecule has 9 heteroatoms. The zero-order chi connectivity index (χ0) is 26.1. The number of hydrogen-bond donors (Lipinski definition) is 1. The number of carbonyl (C=O) groups excluding carboxylic acids is 2. The lowest BCUT2D eigenvalue weighted by molar-refractivity contribution is -0.119. The Kier molecular flexibility index (Phi) is 6.35. The Hall–Kier alpha value is -4.66. The van der Waals surface area contributed by atoms with Gasteiger partial charge in [-0.25, -0.2) is 4.39 Å². The second-order valence-electron chi connectivity index (χ2n) is 8.64. The van der Waals surface area contributed by atoms with Crippen molar-refractivity contribution in [3.63, 3.8) is 0 Å². The number of halogens is 1. The molecule has 0 saturated heterocycles. The van der Waals surface area contributed by atoms with E-state index < -0.39 is 29.1 Å². The fourth-order valence-corrected chi connectivity index (χ4v) is 4.51. The van der Waals surface area contributed by atoms with Crippen LogP contribution in [0.15, 0.2) is 75.9 Å². The van der Waals surface area contributed by atoms with E-state index in [0.717, 1.165) is 17.4 Å². The predicted molar refractivity (Wildman–Crippen MR) is 133 cm³/mol. The van der Waals surface area contributed by atoms with Crippen LogP contribution in [0.3, 0.4) is 0 Å². The largest absolute Gasteiger partial charge is 0.497 e. The highest BCUT2D eigenvalue weighted by Crippen LogP contribution is 2.38. The van der Waals surface area contributed by atoms with Crippen molar-refractivity contribution < 1.29 is 27.9 Å². The normalized spacial score (nSPS) is 14.6. The fourth-order valence-electron chi connectivity index (χ4n) is 4.51. The number of nitrogens with zero attached hydrogens (tertiary/aromatic N) is 1. The number of benzene rings is 3. The van der Waals surface area contributed by atoms with E-state index in [2.05, 4.69) is 0 Å². The molecule has 2 heterocycles. The van der Waals surface area contributed by atoms with E-state index in [-0.39, 0.29) is 28.9 Å². The van der Waals surface area contributed by atoms with Crippen LogP contribution in [0.25, 0.3) is 11.0 Å². The molecule has 0 bridgehead atoms. The van der Waals surface area contributed by atoms with Gasteiger partial charge in [-0.05, 0) is 60.0 Å². The summed E-state index contributed by atoms with van der Waals surface area (Å²) in [6, 6.07) is 17.1. The molecule has 0 spiro atoms. The van der Waals surface area contributed by atoms with Gasteiger partial charge in [0.15, 0.2) is 12.0 Å². The van der Waals surface area contributed by atoms with Crippen LogP contribution in [0.1, 0.15) is 33.3 Å². The van der Waals surface area contributed by atoms with Crippen molar-refractivity contribution in [2.45, 2.75) is 12.5 Å². The summed E-state index contributed by atoms with van der Waals surface area (Å²) in [6.45, 7) is 0.0172. The topological polar surface area (TPSA) is 112 Å². The molecule has 0 saturated carbocycles. The van der Waals surface area contributed by atoms with Crippen molar-refractivity contribution in [3.8, 4) is 11.5 Å². The van der Waals surface area contributed by atoms with Crippen LogP contribution in [-0.4, -0.2) is 37.0 Å². The molecule has 37 heavy (non-hydrogen) atoms. The molecular formula is C28H23FN2O6. The van der Waals surface area contributed by atoms with Crippen molar-refractivity contribution >= 4 is 22.8 Å². The Morgan fingerprint density at radius 2 is 1.73 bits per heavy atom. The molecule has 2 amide bonds. The van der Waals surface area contributed by atoms with Gasteiger partial charge in [0.05, 0.1) is 24.1 Å². The van der Waals surface area contributed by atoms with E-state index in [1.807, 2.05) is 24.3 Å². The quantitative estimate of drug-likeness (QED) is 0.394. The zero-order valence-electron chi connectivity index (χ0n) is 19.9. The van der Waals surface area contributed by atoms with E-state index in [4.69, 9.17) is 19.6 Å². The molecular weight excluding hydrogens is 479 g/mol. The summed E-state index contributed by atoms with van der Waals surface area (Å²) < 4.78 is 30.4. The number of methoxy groups -OCH3 is 1. The van der Waals surface area contributed by atoms with Gasteiger partial charge in [0.2, 0.25) is 5.76 Å². The minimum Gasteiger partial charge on any atom is -0.497 e. The summed E-state index contributed by atoms with van der Waals surface area (Å²) in [5, 5.41) is 0.0648. The standard InChI is InChI=1S/C28H23FN2O6/c1-35-19-7-2-16(3-8-19)12-13-31-25(17-4-9-20(10-5-17)36-15-23(30)32)24-26(33)21-14-18(29)6-11-22(21)37-27(24)28(31)34/h2-11,14,25H,12-13,15H2,1H3,(H2,30,32). The molecule has 1 aromatic heterocycles. The number of hydrogen-bond acceptors (Lipinski definition) is 6. The van der Waals surface area contributed by atoms with Gasteiger partial charge in [-0.3, -0.25) is 14.4 Å². The van der Waals surface area contributed by atoms with Gasteiger partial charge < -0.3 is 24.5 Å². The van der Waals surface area contributed by atoms with Gasteiger partial charge in [-0.1, -0.05) is 24.3 Å². The molecule has 1 unspecified atom stereocenters. The van der Waals surface area contributed by atoms with Gasteiger partial charge in [0.25, 0.3) is 11.8 Å². The highest BCUT2D eigenvalue weighted by atomic mass is 19.1. The van der Waals surface area contributed by atoms with E-state index in [1.165, 1.54) is 12.1 Å². The van der Waals surface area contributed by atoms with Gasteiger partial charge in [0, 0.05) is 6.54 Å². The molecule has 3 aromatic carbocycles. The first kappa shape index (κ1) is 24.1. The van der Waals surface area contributed by atoms with Crippen molar-refractivity contribution in [1.82, 2.24) is 4.90 Å². The molecule has 188 valence electrons. The van der Waals surface area contributed by atoms with Crippen LogP contribution >= 0.6 is 0 Å². The van der Waals surface area contributed by atoms with Crippen molar-refractivity contribution in [3.05, 3.63) is 105 Å². The molecule has 2 N–H and O–H groups in total. The van der Waals surface area contributed by atoms with Crippen molar-refractivity contribution in [2.24, 2.45) is 5.73 Å². The molecule has 1 atom stereocenters. The predicted octanol–water partition coefficient (Wildman–Crippen LogP) is 3.59. The van der Waals surface area contributed by atoms with Crippen LogP contribution in [-0.2, 0) is 11.2 Å². The lowest BCUT2D eigenvalue weighted by Gasteiger charge is -2.25. The average Bonchev–Trinajstić information content (AvgIpc) is 3.18. The first-order chi connectivity index (χ1) is 17.9. The molecule has 8 nitrogen and oxygen atoms in total. The van der Waals surface area contributed by atoms with Crippen LogP contribution in [0.4, 0.5) is 4.39 Å². The lowest BCUT2D eigenvalue weighted by Crippen LogP contribution is -2.31. The van der Waals surface area contributed by atoms with E-state index in [1.54, 1.807) is 36.3 Å². The molecule has 5 rings (SSSR count). The number of ether oxygens (including phenoxy) is 2. The third-order valence-corrected chi connectivity index (χ3v) is 6.31. The SMILES string of the molecule is COc1ccc(CCN2C(=O)c3oc4ccc(F)cc4c(=O)c3C2c2ccc(OCC(N)=O)cc2)cc1. The second-order valence-corrected chi connectivity index (χ2v) is 8.64. The number of carbonyl (C=O) groups is 2. The van der Waals surface area contributed by atoms with Crippen LogP contribution in [0, 0.1) is 5.82 Å². The smallest absolute Gasteiger partial charge is 0.290 e. The summed E-state index contributed by atoms with van der Waals surface area (Å²) in [5.74, 6) is -0.541. The second kappa shape index (κ2) is 9.77. The molecule has 1 aliphatic heterocycles. The Morgan fingerprint density at radius 1 is 1.03 bits per heavy atom. The Labute approximate surface area is 211 Å². The summed E-state index contributed by atoms with van der Waals surface area (Å²) in [4.78, 5) is 39.7. The number of rotatable bonds is 8.